The van der Waals surface area contributed by atoms with Crippen molar-refractivity contribution in [1.29, 1.82) is 0 Å². The molecule has 0 radical (unpaired) electrons. The molecule has 0 aromatic heterocycles. The summed E-state index contributed by atoms with van der Waals surface area (Å²) in [6.07, 6.45) is 1.33. The van der Waals surface area contributed by atoms with Gasteiger partial charge in [0.05, 0.1) is 13.2 Å². The number of hydrogen-bond acceptors (Lipinski definition) is 4. The predicted molar refractivity (Wildman–Crippen MR) is 79.1 cm³/mol. The van der Waals surface area contributed by atoms with Gasteiger partial charge < -0.3 is 20.7 Å². The molecule has 0 heterocycles. The molecule has 20 heavy (non-hydrogen) atoms. The van der Waals surface area contributed by atoms with Crippen molar-refractivity contribution in [3.63, 3.8) is 0 Å². The maximum Gasteiger partial charge on any atom is 0.239 e. The number of nitrogens with two attached hydrogens (primary N) is 1. The molecule has 3 N–H and O–H groups in total. The van der Waals surface area contributed by atoms with Gasteiger partial charge in [-0.05, 0) is 24.8 Å². The first-order valence-electron chi connectivity index (χ1n) is 7.10. The molecule has 0 aromatic rings. The molecule has 0 aliphatic carbocycles. The average Bonchev–Trinajstić information content (AvgIpc) is 2.37. The third kappa shape index (κ3) is 8.87. The summed E-state index contributed by atoms with van der Waals surface area (Å²) < 4.78 is 4.84. The van der Waals surface area contributed by atoms with E-state index < -0.39 is 0 Å². The van der Waals surface area contributed by atoms with Gasteiger partial charge >= 0.3 is 0 Å². The molecule has 0 unspecified atom stereocenters. The van der Waals surface area contributed by atoms with E-state index in [0.717, 1.165) is 6.42 Å². The van der Waals surface area contributed by atoms with E-state index in [0.29, 0.717) is 32.0 Å². The Morgan fingerprint density at radius 1 is 1.35 bits per heavy atom. The smallest absolute Gasteiger partial charge is 0.239 e. The van der Waals surface area contributed by atoms with Gasteiger partial charge in [0.25, 0.3) is 0 Å². The first-order chi connectivity index (χ1) is 9.40. The highest BCUT2D eigenvalue weighted by Gasteiger charge is 2.18. The van der Waals surface area contributed by atoms with Crippen LogP contribution < -0.4 is 11.1 Å². The van der Waals surface area contributed by atoms with Crippen LogP contribution in [0.15, 0.2) is 0 Å². The Labute approximate surface area is 122 Å². The lowest BCUT2D eigenvalue weighted by molar-refractivity contribution is -0.135. The fraction of sp³-hybridized carbons (Fsp3) is 0.857. The second kappa shape index (κ2) is 10.6. The molecule has 0 spiro atoms. The molecule has 6 nitrogen and oxygen atoms in total. The largest absolute Gasteiger partial charge is 0.383 e. The molecule has 0 rings (SSSR count). The summed E-state index contributed by atoms with van der Waals surface area (Å²) >= 11 is 0. The lowest BCUT2D eigenvalue weighted by Crippen LogP contribution is -2.40. The number of rotatable bonds is 10. The Morgan fingerprint density at radius 3 is 2.50 bits per heavy atom. The van der Waals surface area contributed by atoms with Crippen molar-refractivity contribution in [2.45, 2.75) is 26.7 Å². The van der Waals surface area contributed by atoms with Gasteiger partial charge in [-0.1, -0.05) is 13.8 Å². The van der Waals surface area contributed by atoms with Crippen molar-refractivity contribution >= 4 is 11.8 Å². The Kier molecular flexibility index (Phi) is 10.0. The summed E-state index contributed by atoms with van der Waals surface area (Å²) in [4.78, 5) is 25.1. The molecule has 0 aliphatic heterocycles. The molecule has 0 saturated heterocycles. The number of nitrogens with one attached hydrogen (secondary N) is 1. The predicted octanol–water partition coefficient (Wildman–Crippen LogP) is 0.219. The lowest BCUT2D eigenvalue weighted by atomic mass is 9.94. The van der Waals surface area contributed by atoms with Gasteiger partial charge in [-0.25, -0.2) is 0 Å². The van der Waals surface area contributed by atoms with Crippen LogP contribution in [-0.2, 0) is 14.3 Å². The van der Waals surface area contributed by atoms with Gasteiger partial charge in [-0.3, -0.25) is 9.59 Å². The van der Waals surface area contributed by atoms with Gasteiger partial charge in [0, 0.05) is 27.1 Å². The topological polar surface area (TPSA) is 84.7 Å². The molecular formula is C14H29N3O3. The molecule has 0 fully saturated rings. The summed E-state index contributed by atoms with van der Waals surface area (Å²) in [6, 6.07) is 0. The maximum atomic E-state index is 12.0. The van der Waals surface area contributed by atoms with Crippen molar-refractivity contribution in [2.24, 2.45) is 17.6 Å². The van der Waals surface area contributed by atoms with Gasteiger partial charge in [0.1, 0.15) is 0 Å². The van der Waals surface area contributed by atoms with E-state index in [1.807, 2.05) is 0 Å². The summed E-state index contributed by atoms with van der Waals surface area (Å²) in [5.74, 6) is 0.481. The third-order valence-corrected chi connectivity index (χ3v) is 3.04. The van der Waals surface area contributed by atoms with E-state index in [-0.39, 0.29) is 24.3 Å². The summed E-state index contributed by atoms with van der Waals surface area (Å²) in [6.45, 7) is 5.71. The van der Waals surface area contributed by atoms with Gasteiger partial charge in [0.15, 0.2) is 0 Å². The normalized spacial score (nSPS) is 12.3. The zero-order valence-corrected chi connectivity index (χ0v) is 13.1. The number of amides is 2. The first kappa shape index (κ1) is 18.9. The lowest BCUT2D eigenvalue weighted by Gasteiger charge is -2.21. The Bertz CT molecular complexity index is 295. The Morgan fingerprint density at radius 2 is 2.00 bits per heavy atom. The fourth-order valence-corrected chi connectivity index (χ4v) is 1.98. The highest BCUT2D eigenvalue weighted by molar-refractivity contribution is 5.84. The first-order valence-corrected chi connectivity index (χ1v) is 7.10. The number of carbonyl (C=O) groups is 2. The van der Waals surface area contributed by atoms with Crippen LogP contribution in [0.3, 0.4) is 0 Å². The monoisotopic (exact) mass is 287 g/mol. The van der Waals surface area contributed by atoms with Crippen LogP contribution >= 0.6 is 0 Å². The maximum absolute atomic E-state index is 12.0. The van der Waals surface area contributed by atoms with Crippen LogP contribution in [0.2, 0.25) is 0 Å². The van der Waals surface area contributed by atoms with Gasteiger partial charge in [-0.2, -0.15) is 0 Å². The number of likely N-dealkylation sites (N-methyl/N-ethyl adjacent to an activating group) is 1. The molecular weight excluding hydrogens is 258 g/mol. The van der Waals surface area contributed by atoms with Crippen LogP contribution in [0.4, 0.5) is 0 Å². The summed E-state index contributed by atoms with van der Waals surface area (Å²) in [5, 5.41) is 2.69. The van der Waals surface area contributed by atoms with Crippen molar-refractivity contribution in [2.75, 3.05) is 40.4 Å². The number of ether oxygens (including phenoxy) is 1. The second-order valence-corrected chi connectivity index (χ2v) is 5.53. The van der Waals surface area contributed by atoms with E-state index in [1.54, 1.807) is 14.2 Å². The molecule has 2 amide bonds. The second-order valence-electron chi connectivity index (χ2n) is 5.53. The fourth-order valence-electron chi connectivity index (χ4n) is 1.98. The minimum Gasteiger partial charge on any atom is -0.383 e. The molecule has 0 saturated carbocycles. The van der Waals surface area contributed by atoms with Crippen molar-refractivity contribution in [3.05, 3.63) is 0 Å². The van der Waals surface area contributed by atoms with Crippen molar-refractivity contribution < 1.29 is 14.3 Å². The van der Waals surface area contributed by atoms with E-state index >= 15 is 0 Å². The van der Waals surface area contributed by atoms with Crippen LogP contribution in [0.5, 0.6) is 0 Å². The molecule has 1 atom stereocenters. The standard InChI is InChI=1S/C14H29N3O3/c1-11(2)7-12(9-15)8-14(19)17(3)10-13(18)16-5-6-20-4/h11-12H,5-10,15H2,1-4H3,(H,16,18)/t12-/m0/s1. The van der Waals surface area contributed by atoms with Gasteiger partial charge in [0.2, 0.25) is 11.8 Å². The molecule has 0 aromatic carbocycles. The quantitative estimate of drug-likeness (QED) is 0.563. The minimum absolute atomic E-state index is 0.0389. The summed E-state index contributed by atoms with van der Waals surface area (Å²) in [5.41, 5.74) is 5.69. The zero-order valence-electron chi connectivity index (χ0n) is 13.1. The van der Waals surface area contributed by atoms with E-state index in [1.165, 1.54) is 4.90 Å². The molecule has 0 aliphatic rings. The van der Waals surface area contributed by atoms with E-state index in [4.69, 9.17) is 10.5 Å². The zero-order chi connectivity index (χ0) is 15.5. The molecule has 118 valence electrons. The number of nitrogens with zero attached hydrogens (tertiary/aromatic N) is 1. The van der Waals surface area contributed by atoms with Crippen LogP contribution in [0.1, 0.15) is 26.7 Å². The van der Waals surface area contributed by atoms with Crippen LogP contribution in [0.25, 0.3) is 0 Å². The number of methoxy groups -OCH3 is 1. The Hall–Kier alpha value is -1.14. The van der Waals surface area contributed by atoms with Crippen LogP contribution in [-0.4, -0.2) is 57.1 Å². The average molecular weight is 287 g/mol. The van der Waals surface area contributed by atoms with Gasteiger partial charge in [-0.15, -0.1) is 0 Å². The van der Waals surface area contributed by atoms with Crippen molar-refractivity contribution in [3.8, 4) is 0 Å². The molecule has 0 bridgehead atoms. The highest BCUT2D eigenvalue weighted by Crippen LogP contribution is 2.15. The summed E-state index contributed by atoms with van der Waals surface area (Å²) in [7, 11) is 3.21. The SMILES string of the molecule is COCCNC(=O)CN(C)C(=O)C[C@@H](CN)CC(C)C. The van der Waals surface area contributed by atoms with E-state index in [2.05, 4.69) is 19.2 Å². The molecule has 6 heteroatoms. The minimum atomic E-state index is -0.175. The van der Waals surface area contributed by atoms with E-state index in [9.17, 15) is 9.59 Å². The van der Waals surface area contributed by atoms with Crippen molar-refractivity contribution in [1.82, 2.24) is 10.2 Å². The third-order valence-electron chi connectivity index (χ3n) is 3.04. The van der Waals surface area contributed by atoms with Crippen LogP contribution in [0, 0.1) is 11.8 Å². The Balaban J connectivity index is 4.09. The number of carbonyl (C=O) groups excluding carboxylic acids is 2. The number of hydrogen-bond donors (Lipinski definition) is 2. The highest BCUT2D eigenvalue weighted by atomic mass is 16.5.